The van der Waals surface area contributed by atoms with E-state index in [1.807, 2.05) is 0 Å². The number of carboxylic acid groups (broad SMARTS) is 1. The minimum Gasteiger partial charge on any atom is -0.465 e. The van der Waals surface area contributed by atoms with Gasteiger partial charge in [0.15, 0.2) is 11.5 Å². The van der Waals surface area contributed by atoms with Crippen molar-refractivity contribution in [3.05, 3.63) is 34.5 Å². The highest BCUT2D eigenvalue weighted by Crippen LogP contribution is 2.64. The van der Waals surface area contributed by atoms with Crippen LogP contribution in [0.2, 0.25) is 0 Å². The van der Waals surface area contributed by atoms with Crippen LogP contribution in [0.25, 0.3) is 0 Å². The van der Waals surface area contributed by atoms with E-state index in [1.165, 1.54) is 12.3 Å². The van der Waals surface area contributed by atoms with Crippen LogP contribution in [-0.2, 0) is 11.1 Å². The first-order valence-corrected chi connectivity index (χ1v) is 12.8. The molecule has 0 aromatic carbocycles. The van der Waals surface area contributed by atoms with Crippen LogP contribution < -0.4 is 4.90 Å². The van der Waals surface area contributed by atoms with Crippen LogP contribution in [0.1, 0.15) is 76.9 Å². The van der Waals surface area contributed by atoms with Crippen molar-refractivity contribution in [3.63, 3.8) is 0 Å². The van der Waals surface area contributed by atoms with Gasteiger partial charge in [0, 0.05) is 16.1 Å². The minimum atomic E-state index is -4.67. The fraction of sp³-hybridized carbons (Fsp3) is 0.667. The summed E-state index contributed by atoms with van der Waals surface area (Å²) < 4.78 is 63.7. The Balaban J connectivity index is 1.52. The van der Waals surface area contributed by atoms with E-state index in [4.69, 9.17) is 4.52 Å². The number of pyridine rings is 1. The van der Waals surface area contributed by atoms with Crippen molar-refractivity contribution in [1.29, 1.82) is 0 Å². The normalized spacial score (nSPS) is 28.1. The molecule has 0 aliphatic heterocycles. The summed E-state index contributed by atoms with van der Waals surface area (Å²) >= 11 is 3.27. The lowest BCUT2D eigenvalue weighted by Crippen LogP contribution is -2.65. The fourth-order valence-corrected chi connectivity index (χ4v) is 6.61. The summed E-state index contributed by atoms with van der Waals surface area (Å²) in [5.74, 6) is 0.324. The molecule has 36 heavy (non-hydrogen) atoms. The van der Waals surface area contributed by atoms with E-state index >= 15 is 0 Å². The Morgan fingerprint density at radius 3 is 2.25 bits per heavy atom. The highest BCUT2D eigenvalue weighted by Gasteiger charge is 2.65. The van der Waals surface area contributed by atoms with Crippen LogP contribution in [0.3, 0.4) is 0 Å². The Morgan fingerprint density at radius 2 is 1.75 bits per heavy atom. The van der Waals surface area contributed by atoms with Crippen molar-refractivity contribution < 1.29 is 32.0 Å². The molecule has 6 rings (SSSR count). The lowest BCUT2D eigenvalue weighted by Gasteiger charge is -2.60. The molecule has 4 aliphatic rings. The first-order valence-electron chi connectivity index (χ1n) is 12.0. The smallest absolute Gasteiger partial charge is 0.413 e. The number of anilines is 1. The maximum Gasteiger partial charge on any atom is 0.413 e. The van der Waals surface area contributed by atoms with Gasteiger partial charge < -0.3 is 9.63 Å². The standard InChI is InChI=1S/C24H27BrF4N4O3/c1-20(2,24(27,28)29)16(33(19(34)35)15-13-14(25)3-12-30-15)21-4-7-22(8-5-21,9-6-21)17-31-18(36-32-17)23(26)10-11-23/h3,12-13,16H,4-11H2,1-2H3,(H,34,35). The maximum absolute atomic E-state index is 14.5. The number of hydrogen-bond acceptors (Lipinski definition) is 5. The second-order valence-electron chi connectivity index (χ2n) is 11.1. The summed E-state index contributed by atoms with van der Waals surface area (Å²) in [5, 5.41) is 14.3. The Hall–Kier alpha value is -2.24. The Morgan fingerprint density at radius 1 is 1.14 bits per heavy atom. The third-order valence-electron chi connectivity index (χ3n) is 8.69. The SMILES string of the molecule is CC(C)(C(N(C(=O)O)c1cc(Br)ccn1)C12CCC(c3noc(C4(F)CC4)n3)(CC1)CC2)C(F)(F)F. The molecule has 196 valence electrons. The molecule has 1 N–H and O–H groups in total. The number of halogens is 5. The number of rotatable bonds is 6. The monoisotopic (exact) mass is 574 g/mol. The van der Waals surface area contributed by atoms with Gasteiger partial charge in [-0.1, -0.05) is 21.1 Å². The Kier molecular flexibility index (Phi) is 5.74. The Labute approximate surface area is 213 Å². The summed E-state index contributed by atoms with van der Waals surface area (Å²) in [5.41, 5.74) is -5.37. The van der Waals surface area contributed by atoms with Gasteiger partial charge in [0.2, 0.25) is 0 Å². The van der Waals surface area contributed by atoms with Crippen LogP contribution in [0.4, 0.5) is 28.2 Å². The number of carbonyl (C=O) groups is 1. The van der Waals surface area contributed by atoms with Gasteiger partial charge in [0.1, 0.15) is 5.82 Å². The van der Waals surface area contributed by atoms with Gasteiger partial charge in [0.25, 0.3) is 5.89 Å². The molecular weight excluding hydrogens is 548 g/mol. The second kappa shape index (κ2) is 8.13. The number of hydrogen-bond donors (Lipinski definition) is 1. The van der Waals surface area contributed by atoms with E-state index < -0.39 is 40.2 Å². The van der Waals surface area contributed by atoms with Crippen LogP contribution in [-0.4, -0.2) is 38.5 Å². The van der Waals surface area contributed by atoms with Gasteiger partial charge in [-0.25, -0.2) is 14.2 Å². The zero-order valence-electron chi connectivity index (χ0n) is 19.9. The van der Waals surface area contributed by atoms with E-state index in [9.17, 15) is 27.5 Å². The van der Waals surface area contributed by atoms with Crippen molar-refractivity contribution in [2.75, 3.05) is 4.90 Å². The number of amides is 1. The molecule has 2 aromatic rings. The van der Waals surface area contributed by atoms with Crippen LogP contribution in [0.5, 0.6) is 0 Å². The number of nitrogens with zero attached hydrogens (tertiary/aromatic N) is 4. The quantitative estimate of drug-likeness (QED) is 0.376. The fourth-order valence-electron chi connectivity index (χ4n) is 6.29. The van der Waals surface area contributed by atoms with Crippen molar-refractivity contribution in [2.45, 2.75) is 88.5 Å². The van der Waals surface area contributed by atoms with Crippen molar-refractivity contribution in [3.8, 4) is 0 Å². The summed E-state index contributed by atoms with van der Waals surface area (Å²) in [6.07, 6.45) is -1.66. The molecule has 2 bridgehead atoms. The van der Waals surface area contributed by atoms with Gasteiger partial charge in [-0.15, -0.1) is 0 Å². The summed E-state index contributed by atoms with van der Waals surface area (Å²) in [6, 6.07) is 1.60. The van der Waals surface area contributed by atoms with E-state index in [0.29, 0.717) is 61.7 Å². The van der Waals surface area contributed by atoms with E-state index in [-0.39, 0.29) is 11.7 Å². The third-order valence-corrected chi connectivity index (χ3v) is 9.18. The van der Waals surface area contributed by atoms with E-state index in [0.717, 1.165) is 18.7 Å². The first kappa shape index (κ1) is 25.4. The lowest BCUT2D eigenvalue weighted by atomic mass is 9.48. The predicted molar refractivity (Wildman–Crippen MR) is 124 cm³/mol. The molecule has 2 heterocycles. The van der Waals surface area contributed by atoms with Gasteiger partial charge in [-0.3, -0.25) is 4.90 Å². The molecule has 1 amide bonds. The van der Waals surface area contributed by atoms with E-state index in [2.05, 4.69) is 31.1 Å². The maximum atomic E-state index is 14.5. The minimum absolute atomic E-state index is 0.0249. The highest BCUT2D eigenvalue weighted by molar-refractivity contribution is 9.10. The number of fused-ring (bicyclic) bond motifs is 3. The van der Waals surface area contributed by atoms with Gasteiger partial charge in [0.05, 0.1) is 11.5 Å². The van der Waals surface area contributed by atoms with E-state index in [1.54, 1.807) is 6.07 Å². The Bertz CT molecular complexity index is 1160. The largest absolute Gasteiger partial charge is 0.465 e. The molecule has 4 saturated carbocycles. The molecule has 1 unspecified atom stereocenters. The summed E-state index contributed by atoms with van der Waals surface area (Å²) in [4.78, 5) is 21.9. The molecule has 2 aromatic heterocycles. The lowest BCUT2D eigenvalue weighted by molar-refractivity contribution is -0.233. The van der Waals surface area contributed by atoms with Crippen molar-refractivity contribution in [1.82, 2.24) is 15.1 Å². The topological polar surface area (TPSA) is 92.4 Å². The molecule has 12 heteroatoms. The molecular formula is C24H27BrF4N4O3. The third kappa shape index (κ3) is 3.90. The summed E-state index contributed by atoms with van der Waals surface area (Å²) in [6.45, 7) is 2.14. The number of aromatic nitrogens is 3. The molecule has 4 fully saturated rings. The number of alkyl halides is 4. The van der Waals surface area contributed by atoms with Gasteiger partial charge >= 0.3 is 12.3 Å². The molecule has 4 aliphatic carbocycles. The van der Waals surface area contributed by atoms with Crippen LogP contribution in [0.15, 0.2) is 27.3 Å². The van der Waals surface area contributed by atoms with Crippen LogP contribution in [0, 0.1) is 10.8 Å². The average molecular weight is 575 g/mol. The van der Waals surface area contributed by atoms with Gasteiger partial charge in [-0.2, -0.15) is 18.2 Å². The van der Waals surface area contributed by atoms with Crippen molar-refractivity contribution >= 4 is 27.8 Å². The highest BCUT2D eigenvalue weighted by atomic mass is 79.9. The molecule has 0 radical (unpaired) electrons. The second-order valence-corrected chi connectivity index (χ2v) is 12.1. The van der Waals surface area contributed by atoms with Crippen LogP contribution >= 0.6 is 15.9 Å². The van der Waals surface area contributed by atoms with Crippen molar-refractivity contribution in [2.24, 2.45) is 10.8 Å². The predicted octanol–water partition coefficient (Wildman–Crippen LogP) is 6.92. The summed E-state index contributed by atoms with van der Waals surface area (Å²) in [7, 11) is 0. The first-order chi connectivity index (χ1) is 16.7. The average Bonchev–Trinajstić information content (AvgIpc) is 3.35. The van der Waals surface area contributed by atoms with Gasteiger partial charge in [-0.05, 0) is 82.8 Å². The molecule has 7 nitrogen and oxygen atoms in total. The zero-order valence-corrected chi connectivity index (χ0v) is 21.5. The molecule has 0 saturated heterocycles. The molecule has 0 spiro atoms. The zero-order chi connectivity index (χ0) is 26.1. The molecule has 1 atom stereocenters.